The summed E-state index contributed by atoms with van der Waals surface area (Å²) in [7, 11) is 0. The Kier molecular flexibility index (Phi) is 6.95. The number of anilines is 1. The van der Waals surface area contributed by atoms with E-state index in [2.05, 4.69) is 36.1 Å². The molecule has 0 saturated carbocycles. The molecule has 0 fully saturated rings. The molecule has 0 aliphatic heterocycles. The van der Waals surface area contributed by atoms with Crippen LogP contribution in [0.25, 0.3) is 0 Å². The molecule has 0 amide bonds. The minimum absolute atomic E-state index is 0.104. The topological polar surface area (TPSA) is 75.1 Å². The van der Waals surface area contributed by atoms with E-state index >= 15 is 0 Å². The van der Waals surface area contributed by atoms with Gasteiger partial charge in [0.2, 0.25) is 0 Å². The Labute approximate surface area is 131 Å². The number of carboxylic acids is 1. The number of thioether (sulfide) groups is 1. The Morgan fingerprint density at radius 1 is 1.38 bits per heavy atom. The lowest BCUT2D eigenvalue weighted by atomic mass is 9.76. The molecule has 0 aliphatic rings. The van der Waals surface area contributed by atoms with Gasteiger partial charge in [-0.3, -0.25) is 4.79 Å². The van der Waals surface area contributed by atoms with Gasteiger partial charge in [0.25, 0.3) is 0 Å². The average Bonchev–Trinajstić information content (AvgIpc) is 2.41. The Morgan fingerprint density at radius 2 is 2.10 bits per heavy atom. The lowest BCUT2D eigenvalue weighted by molar-refractivity contribution is -0.137. The predicted molar refractivity (Wildman–Crippen MR) is 86.7 cm³/mol. The van der Waals surface area contributed by atoms with Crippen LogP contribution in [0.4, 0.5) is 5.82 Å². The van der Waals surface area contributed by atoms with Crippen molar-refractivity contribution in [1.82, 2.24) is 9.97 Å². The predicted octanol–water partition coefficient (Wildman–Crippen LogP) is 3.53. The van der Waals surface area contributed by atoms with Crippen molar-refractivity contribution in [1.29, 1.82) is 0 Å². The van der Waals surface area contributed by atoms with Crippen LogP contribution in [0.1, 0.15) is 40.0 Å². The van der Waals surface area contributed by atoms with Gasteiger partial charge in [-0.05, 0) is 30.4 Å². The van der Waals surface area contributed by atoms with Crippen LogP contribution >= 0.6 is 11.8 Å². The summed E-state index contributed by atoms with van der Waals surface area (Å²) in [5, 5.41) is 13.1. The van der Waals surface area contributed by atoms with Gasteiger partial charge >= 0.3 is 5.97 Å². The highest BCUT2D eigenvalue weighted by molar-refractivity contribution is 7.98. The van der Waals surface area contributed by atoms with Crippen LogP contribution in [0.5, 0.6) is 0 Å². The van der Waals surface area contributed by atoms with Crippen molar-refractivity contribution in [3.8, 4) is 0 Å². The fourth-order valence-corrected chi connectivity index (χ4v) is 2.61. The number of hydrogen-bond acceptors (Lipinski definition) is 5. The first kappa shape index (κ1) is 17.8. The molecule has 1 unspecified atom stereocenters. The second kappa shape index (κ2) is 8.22. The Morgan fingerprint density at radius 3 is 2.67 bits per heavy atom. The van der Waals surface area contributed by atoms with E-state index < -0.39 is 5.97 Å². The third-order valence-corrected chi connectivity index (χ3v) is 4.22. The molecular formula is C15H25N3O2S. The highest BCUT2D eigenvalue weighted by atomic mass is 32.2. The van der Waals surface area contributed by atoms with E-state index in [0.717, 1.165) is 23.8 Å². The summed E-state index contributed by atoms with van der Waals surface area (Å²) in [5.74, 6) is 0.459. The lowest BCUT2D eigenvalue weighted by Gasteiger charge is -2.30. The highest BCUT2D eigenvalue weighted by Crippen LogP contribution is 2.32. The Hall–Kier alpha value is -1.30. The number of nitrogens with one attached hydrogen (secondary N) is 1. The van der Waals surface area contributed by atoms with Crippen LogP contribution in [0.3, 0.4) is 0 Å². The number of rotatable bonds is 8. The molecular weight excluding hydrogens is 286 g/mol. The van der Waals surface area contributed by atoms with E-state index in [0.29, 0.717) is 12.3 Å². The van der Waals surface area contributed by atoms with E-state index in [-0.39, 0.29) is 11.8 Å². The number of carboxylic acid groups (broad SMARTS) is 1. The first-order valence-corrected chi connectivity index (χ1v) is 8.37. The SMILES string of the molecule is CSc1cc(NCCC(CCC(=O)O)C(C)(C)C)ncn1. The average molecular weight is 311 g/mol. The largest absolute Gasteiger partial charge is 0.481 e. The molecule has 5 nitrogen and oxygen atoms in total. The first-order valence-electron chi connectivity index (χ1n) is 7.14. The van der Waals surface area contributed by atoms with Crippen molar-refractivity contribution in [3.05, 3.63) is 12.4 Å². The second-order valence-corrected chi connectivity index (χ2v) is 6.98. The third-order valence-electron chi connectivity index (χ3n) is 3.58. The zero-order chi connectivity index (χ0) is 15.9. The first-order chi connectivity index (χ1) is 9.82. The van der Waals surface area contributed by atoms with Crippen LogP contribution in [-0.4, -0.2) is 33.8 Å². The van der Waals surface area contributed by atoms with E-state index in [1.165, 1.54) is 0 Å². The van der Waals surface area contributed by atoms with Crippen molar-refractivity contribution in [3.63, 3.8) is 0 Å². The van der Waals surface area contributed by atoms with Crippen LogP contribution in [0, 0.1) is 11.3 Å². The Bertz CT molecular complexity index is 460. The van der Waals surface area contributed by atoms with E-state index in [1.807, 2.05) is 12.3 Å². The normalized spacial score (nSPS) is 13.0. The van der Waals surface area contributed by atoms with Gasteiger partial charge in [0, 0.05) is 19.0 Å². The summed E-state index contributed by atoms with van der Waals surface area (Å²) in [4.78, 5) is 19.1. The molecule has 0 radical (unpaired) electrons. The quantitative estimate of drug-likeness (QED) is 0.565. The van der Waals surface area contributed by atoms with Crippen LogP contribution < -0.4 is 5.32 Å². The third kappa shape index (κ3) is 6.80. The zero-order valence-corrected chi connectivity index (χ0v) is 14.0. The van der Waals surface area contributed by atoms with Crippen LogP contribution in [-0.2, 0) is 4.79 Å². The van der Waals surface area contributed by atoms with Crippen LogP contribution in [0.15, 0.2) is 17.4 Å². The van der Waals surface area contributed by atoms with Gasteiger partial charge < -0.3 is 10.4 Å². The highest BCUT2D eigenvalue weighted by Gasteiger charge is 2.24. The molecule has 1 aromatic rings. The Balaban J connectivity index is 2.50. The number of carbonyl (C=O) groups is 1. The molecule has 6 heteroatoms. The standard InChI is InChI=1S/C15H25N3O2S/c1-15(2,3)11(5-6-14(19)20)7-8-16-12-9-13(21-4)18-10-17-12/h9-11H,5-8H2,1-4H3,(H,19,20)(H,16,17,18). The monoisotopic (exact) mass is 311 g/mol. The van der Waals surface area contributed by atoms with Crippen molar-refractivity contribution in [2.75, 3.05) is 18.1 Å². The molecule has 118 valence electrons. The van der Waals surface area contributed by atoms with Gasteiger partial charge in [-0.2, -0.15) is 0 Å². The number of aliphatic carboxylic acids is 1. The summed E-state index contributed by atoms with van der Waals surface area (Å²) in [6.45, 7) is 7.27. The molecule has 0 saturated heterocycles. The van der Waals surface area contributed by atoms with Gasteiger partial charge in [0.15, 0.2) is 0 Å². The van der Waals surface area contributed by atoms with E-state index in [9.17, 15) is 4.79 Å². The van der Waals surface area contributed by atoms with Gasteiger partial charge in [0.05, 0.1) is 0 Å². The maximum Gasteiger partial charge on any atom is 0.303 e. The van der Waals surface area contributed by atoms with Gasteiger partial charge in [0.1, 0.15) is 17.2 Å². The molecule has 1 rings (SSSR count). The lowest BCUT2D eigenvalue weighted by Crippen LogP contribution is -2.24. The summed E-state index contributed by atoms with van der Waals surface area (Å²) in [6.07, 6.45) is 5.40. The minimum atomic E-state index is -0.724. The van der Waals surface area contributed by atoms with Crippen molar-refractivity contribution in [2.24, 2.45) is 11.3 Å². The number of aromatic nitrogens is 2. The zero-order valence-electron chi connectivity index (χ0n) is 13.2. The number of nitrogens with zero attached hydrogens (tertiary/aromatic N) is 2. The van der Waals surface area contributed by atoms with E-state index in [1.54, 1.807) is 18.1 Å². The second-order valence-electron chi connectivity index (χ2n) is 6.16. The van der Waals surface area contributed by atoms with E-state index in [4.69, 9.17) is 5.11 Å². The van der Waals surface area contributed by atoms with Gasteiger partial charge in [-0.25, -0.2) is 9.97 Å². The molecule has 21 heavy (non-hydrogen) atoms. The summed E-state index contributed by atoms with van der Waals surface area (Å²) < 4.78 is 0. The van der Waals surface area contributed by atoms with Gasteiger partial charge in [-0.15, -0.1) is 11.8 Å². The van der Waals surface area contributed by atoms with Gasteiger partial charge in [-0.1, -0.05) is 20.8 Å². The van der Waals surface area contributed by atoms with Crippen LogP contribution in [0.2, 0.25) is 0 Å². The molecule has 2 N–H and O–H groups in total. The fourth-order valence-electron chi connectivity index (χ4n) is 2.23. The maximum atomic E-state index is 10.8. The van der Waals surface area contributed by atoms with Crippen molar-refractivity contribution >= 4 is 23.5 Å². The molecule has 1 aromatic heterocycles. The minimum Gasteiger partial charge on any atom is -0.481 e. The summed E-state index contributed by atoms with van der Waals surface area (Å²) in [5.41, 5.74) is 0.104. The van der Waals surface area contributed by atoms with Crippen molar-refractivity contribution in [2.45, 2.75) is 45.1 Å². The molecule has 1 atom stereocenters. The molecule has 0 aromatic carbocycles. The summed E-state index contributed by atoms with van der Waals surface area (Å²) >= 11 is 1.58. The smallest absolute Gasteiger partial charge is 0.303 e. The maximum absolute atomic E-state index is 10.8. The summed E-state index contributed by atoms with van der Waals surface area (Å²) in [6, 6.07) is 1.92. The molecule has 0 aliphatic carbocycles. The molecule has 0 spiro atoms. The molecule has 0 bridgehead atoms. The molecule has 1 heterocycles. The number of hydrogen-bond donors (Lipinski definition) is 2. The van der Waals surface area contributed by atoms with Crippen molar-refractivity contribution < 1.29 is 9.90 Å². The fraction of sp³-hybridized carbons (Fsp3) is 0.667.